The summed E-state index contributed by atoms with van der Waals surface area (Å²) in [5, 5.41) is 9.10. The molecule has 17 heavy (non-hydrogen) atoms. The van der Waals surface area contributed by atoms with E-state index in [0.717, 1.165) is 29.5 Å². The Morgan fingerprint density at radius 1 is 1.53 bits per heavy atom. The summed E-state index contributed by atoms with van der Waals surface area (Å²) in [6, 6.07) is 8.49. The van der Waals surface area contributed by atoms with Gasteiger partial charge in [-0.1, -0.05) is 22.0 Å². The molecule has 0 aromatic heterocycles. The molecule has 0 amide bonds. The molecule has 1 atom stereocenters. The maximum atomic E-state index is 9.10. The van der Waals surface area contributed by atoms with E-state index in [1.54, 1.807) is 0 Å². The molecule has 0 radical (unpaired) electrons. The SMILES string of the molecule is Cc1ccc(N2CCCC(N)(C#N)C2)cc1Br. The van der Waals surface area contributed by atoms with Crippen molar-refractivity contribution in [1.29, 1.82) is 5.26 Å². The van der Waals surface area contributed by atoms with Crippen molar-refractivity contribution in [3.63, 3.8) is 0 Å². The highest BCUT2D eigenvalue weighted by atomic mass is 79.9. The number of rotatable bonds is 1. The summed E-state index contributed by atoms with van der Waals surface area (Å²) >= 11 is 3.54. The van der Waals surface area contributed by atoms with Crippen LogP contribution in [0.25, 0.3) is 0 Å². The van der Waals surface area contributed by atoms with Gasteiger partial charge in [0.15, 0.2) is 0 Å². The summed E-state index contributed by atoms with van der Waals surface area (Å²) in [6.45, 7) is 3.64. The minimum Gasteiger partial charge on any atom is -0.369 e. The maximum absolute atomic E-state index is 9.10. The molecule has 2 rings (SSSR count). The molecule has 0 spiro atoms. The molecule has 90 valence electrons. The lowest BCUT2D eigenvalue weighted by Crippen LogP contribution is -2.53. The Kier molecular flexibility index (Phi) is 3.41. The van der Waals surface area contributed by atoms with E-state index >= 15 is 0 Å². The van der Waals surface area contributed by atoms with Crippen LogP contribution in [0.3, 0.4) is 0 Å². The second-order valence-corrected chi connectivity index (χ2v) is 5.58. The molecule has 1 aliphatic heterocycles. The molecule has 4 heteroatoms. The highest BCUT2D eigenvalue weighted by Crippen LogP contribution is 2.28. The van der Waals surface area contributed by atoms with Crippen molar-refractivity contribution in [3.8, 4) is 6.07 Å². The molecule has 2 N–H and O–H groups in total. The Hall–Kier alpha value is -1.05. The van der Waals surface area contributed by atoms with Gasteiger partial charge in [0.25, 0.3) is 0 Å². The van der Waals surface area contributed by atoms with Crippen molar-refractivity contribution < 1.29 is 0 Å². The number of hydrogen-bond donors (Lipinski definition) is 1. The second kappa shape index (κ2) is 4.67. The lowest BCUT2D eigenvalue weighted by atomic mass is 9.91. The van der Waals surface area contributed by atoms with Crippen molar-refractivity contribution in [2.75, 3.05) is 18.0 Å². The van der Waals surface area contributed by atoms with Crippen molar-refractivity contribution >= 4 is 21.6 Å². The van der Waals surface area contributed by atoms with Gasteiger partial charge in [0.1, 0.15) is 5.54 Å². The molecule has 0 bridgehead atoms. The minimum atomic E-state index is -0.699. The predicted octanol–water partition coefficient (Wildman–Crippen LogP) is 2.58. The van der Waals surface area contributed by atoms with Crippen LogP contribution in [0.5, 0.6) is 0 Å². The first-order valence-electron chi connectivity index (χ1n) is 5.75. The van der Waals surface area contributed by atoms with E-state index in [2.05, 4.69) is 52.0 Å². The third-order valence-electron chi connectivity index (χ3n) is 3.27. The first-order chi connectivity index (χ1) is 8.04. The van der Waals surface area contributed by atoms with Crippen molar-refractivity contribution in [3.05, 3.63) is 28.2 Å². The third kappa shape index (κ3) is 2.62. The Bertz CT molecular complexity index is 466. The number of benzene rings is 1. The summed E-state index contributed by atoms with van der Waals surface area (Å²) in [7, 11) is 0. The molecule has 0 saturated carbocycles. The number of hydrogen-bond acceptors (Lipinski definition) is 3. The summed E-state index contributed by atoms with van der Waals surface area (Å²) in [5.74, 6) is 0. The first kappa shape index (κ1) is 12.4. The zero-order valence-electron chi connectivity index (χ0n) is 9.91. The third-order valence-corrected chi connectivity index (χ3v) is 4.12. The number of anilines is 1. The zero-order valence-corrected chi connectivity index (χ0v) is 11.5. The van der Waals surface area contributed by atoms with Crippen LogP contribution in [-0.4, -0.2) is 18.6 Å². The largest absolute Gasteiger partial charge is 0.369 e. The van der Waals surface area contributed by atoms with E-state index in [0.29, 0.717) is 6.54 Å². The number of halogens is 1. The van der Waals surface area contributed by atoms with Gasteiger partial charge in [0.05, 0.1) is 6.07 Å². The number of nitrogens with two attached hydrogens (primary N) is 1. The molecule has 1 heterocycles. The second-order valence-electron chi connectivity index (χ2n) is 4.73. The van der Waals surface area contributed by atoms with Gasteiger partial charge in [-0.25, -0.2) is 0 Å². The maximum Gasteiger partial charge on any atom is 0.121 e. The van der Waals surface area contributed by atoms with Crippen LogP contribution >= 0.6 is 15.9 Å². The predicted molar refractivity (Wildman–Crippen MR) is 72.9 cm³/mol. The van der Waals surface area contributed by atoms with E-state index in [1.165, 1.54) is 5.56 Å². The fourth-order valence-corrected chi connectivity index (χ4v) is 2.54. The molecule has 1 fully saturated rings. The molecular formula is C13H16BrN3. The summed E-state index contributed by atoms with van der Waals surface area (Å²) in [6.07, 6.45) is 1.75. The number of aryl methyl sites for hydroxylation is 1. The van der Waals surface area contributed by atoms with Crippen molar-refractivity contribution in [1.82, 2.24) is 0 Å². The molecular weight excluding hydrogens is 278 g/mol. The normalized spacial score (nSPS) is 24.5. The molecule has 1 aliphatic rings. The number of nitriles is 1. The standard InChI is InChI=1S/C13H16BrN3/c1-10-3-4-11(7-12(10)14)17-6-2-5-13(16,8-15)9-17/h3-4,7H,2,5-6,9,16H2,1H3. The Labute approximate surface area is 110 Å². The first-order valence-corrected chi connectivity index (χ1v) is 6.55. The lowest BCUT2D eigenvalue weighted by molar-refractivity contribution is 0.424. The van der Waals surface area contributed by atoms with Crippen LogP contribution < -0.4 is 10.6 Å². The topological polar surface area (TPSA) is 53.0 Å². The minimum absolute atomic E-state index is 0.610. The van der Waals surface area contributed by atoms with Gasteiger partial charge in [-0.05, 0) is 37.5 Å². The molecule has 1 unspecified atom stereocenters. The zero-order chi connectivity index (χ0) is 12.5. The van der Waals surface area contributed by atoms with Crippen molar-refractivity contribution in [2.24, 2.45) is 5.73 Å². The smallest absolute Gasteiger partial charge is 0.121 e. The number of nitrogens with zero attached hydrogens (tertiary/aromatic N) is 2. The highest BCUT2D eigenvalue weighted by Gasteiger charge is 2.31. The van der Waals surface area contributed by atoms with Gasteiger partial charge in [-0.2, -0.15) is 5.26 Å². The van der Waals surface area contributed by atoms with Gasteiger partial charge >= 0.3 is 0 Å². The fourth-order valence-electron chi connectivity index (χ4n) is 2.17. The van der Waals surface area contributed by atoms with Crippen LogP contribution in [0.2, 0.25) is 0 Å². The molecule has 1 aromatic rings. The Balaban J connectivity index is 2.23. The number of piperidine rings is 1. The van der Waals surface area contributed by atoms with Crippen LogP contribution in [0, 0.1) is 18.3 Å². The lowest BCUT2D eigenvalue weighted by Gasteiger charge is -2.37. The van der Waals surface area contributed by atoms with Crippen LogP contribution in [0.1, 0.15) is 18.4 Å². The highest BCUT2D eigenvalue weighted by molar-refractivity contribution is 9.10. The summed E-state index contributed by atoms with van der Waals surface area (Å²) in [4.78, 5) is 2.19. The van der Waals surface area contributed by atoms with Gasteiger partial charge < -0.3 is 10.6 Å². The quantitative estimate of drug-likeness (QED) is 0.866. The van der Waals surface area contributed by atoms with E-state index in [4.69, 9.17) is 11.0 Å². The van der Waals surface area contributed by atoms with E-state index in [-0.39, 0.29) is 0 Å². The average molecular weight is 294 g/mol. The van der Waals surface area contributed by atoms with E-state index in [1.807, 2.05) is 0 Å². The van der Waals surface area contributed by atoms with Crippen LogP contribution in [-0.2, 0) is 0 Å². The van der Waals surface area contributed by atoms with Gasteiger partial charge in [-0.3, -0.25) is 0 Å². The summed E-state index contributed by atoms with van der Waals surface area (Å²) in [5.41, 5.74) is 7.69. The monoisotopic (exact) mass is 293 g/mol. The Morgan fingerprint density at radius 2 is 2.29 bits per heavy atom. The van der Waals surface area contributed by atoms with Gasteiger partial charge in [0, 0.05) is 23.2 Å². The van der Waals surface area contributed by atoms with E-state index < -0.39 is 5.54 Å². The van der Waals surface area contributed by atoms with Gasteiger partial charge in [-0.15, -0.1) is 0 Å². The molecule has 1 aromatic carbocycles. The van der Waals surface area contributed by atoms with Crippen LogP contribution in [0.4, 0.5) is 5.69 Å². The average Bonchev–Trinajstić information content (AvgIpc) is 2.33. The van der Waals surface area contributed by atoms with Crippen molar-refractivity contribution in [2.45, 2.75) is 25.3 Å². The van der Waals surface area contributed by atoms with Crippen LogP contribution in [0.15, 0.2) is 22.7 Å². The fraction of sp³-hybridized carbons (Fsp3) is 0.462. The summed E-state index contributed by atoms with van der Waals surface area (Å²) < 4.78 is 1.10. The van der Waals surface area contributed by atoms with E-state index in [9.17, 15) is 0 Å². The Morgan fingerprint density at radius 3 is 2.94 bits per heavy atom. The molecule has 0 aliphatic carbocycles. The molecule has 1 saturated heterocycles. The molecule has 3 nitrogen and oxygen atoms in total. The van der Waals surface area contributed by atoms with Gasteiger partial charge in [0.2, 0.25) is 0 Å².